The van der Waals surface area contributed by atoms with Crippen molar-refractivity contribution in [2.24, 2.45) is 0 Å². The van der Waals surface area contributed by atoms with Gasteiger partial charge in [-0.15, -0.1) is 0 Å². The molecule has 0 spiro atoms. The minimum absolute atomic E-state index is 0.105. The Labute approximate surface area is 198 Å². The third-order valence-corrected chi connectivity index (χ3v) is 7.11. The number of ketones is 1. The van der Waals surface area contributed by atoms with E-state index in [-0.39, 0.29) is 33.4 Å². The van der Waals surface area contributed by atoms with Crippen LogP contribution in [0.5, 0.6) is 5.88 Å². The summed E-state index contributed by atoms with van der Waals surface area (Å²) in [6, 6.07) is 8.73. The fourth-order valence-electron chi connectivity index (χ4n) is 3.61. The Morgan fingerprint density at radius 1 is 1.12 bits per heavy atom. The summed E-state index contributed by atoms with van der Waals surface area (Å²) in [5.74, 6) is -0.0416. The quantitative estimate of drug-likeness (QED) is 0.390. The molecule has 170 valence electrons. The Balaban J connectivity index is 2.02. The van der Waals surface area contributed by atoms with Crippen LogP contribution in [0.1, 0.15) is 46.0 Å². The van der Waals surface area contributed by atoms with E-state index in [1.54, 1.807) is 30.7 Å². The number of ether oxygens (including phenoxy) is 1. The first kappa shape index (κ1) is 24.3. The number of hydrogen-bond donors (Lipinski definition) is 0. The van der Waals surface area contributed by atoms with E-state index < -0.39 is 9.84 Å². The lowest BCUT2D eigenvalue weighted by Gasteiger charge is -2.14. The summed E-state index contributed by atoms with van der Waals surface area (Å²) in [6.07, 6.45) is 3.38. The first-order chi connectivity index (χ1) is 15.0. The lowest BCUT2D eigenvalue weighted by atomic mass is 10.0. The Bertz CT molecular complexity index is 1270. The van der Waals surface area contributed by atoms with Crippen molar-refractivity contribution in [3.8, 4) is 5.88 Å². The summed E-state index contributed by atoms with van der Waals surface area (Å²) in [6.45, 7) is 6.04. The standard InChI is InChI=1S/C23H24Cl2N2O4S/c1-5-10-27-23(31-13-16-6-8-17(24)9-7-16)19(12-26-27)21(28)18-11-14(2)22(32(4,29)30)15(3)20(18)25/h6-9,11-12H,5,10,13H2,1-4H3. The summed E-state index contributed by atoms with van der Waals surface area (Å²) in [7, 11) is -3.49. The van der Waals surface area contributed by atoms with Crippen LogP contribution in [0, 0.1) is 13.8 Å². The second-order valence-electron chi connectivity index (χ2n) is 7.61. The van der Waals surface area contributed by atoms with Gasteiger partial charge in [0, 0.05) is 23.4 Å². The van der Waals surface area contributed by atoms with E-state index in [4.69, 9.17) is 27.9 Å². The Morgan fingerprint density at radius 3 is 2.38 bits per heavy atom. The van der Waals surface area contributed by atoms with Crippen LogP contribution in [-0.4, -0.2) is 30.2 Å². The molecule has 0 N–H and O–H groups in total. The number of benzene rings is 2. The molecule has 0 saturated carbocycles. The van der Waals surface area contributed by atoms with Gasteiger partial charge >= 0.3 is 0 Å². The van der Waals surface area contributed by atoms with Crippen molar-refractivity contribution in [3.63, 3.8) is 0 Å². The first-order valence-electron chi connectivity index (χ1n) is 10.0. The molecule has 0 radical (unpaired) electrons. The van der Waals surface area contributed by atoms with E-state index in [0.717, 1.165) is 18.2 Å². The minimum atomic E-state index is -3.49. The van der Waals surface area contributed by atoms with Crippen LogP contribution in [0.25, 0.3) is 0 Å². The lowest BCUT2D eigenvalue weighted by molar-refractivity contribution is 0.103. The molecule has 6 nitrogen and oxygen atoms in total. The van der Waals surface area contributed by atoms with Crippen molar-refractivity contribution in [1.29, 1.82) is 0 Å². The van der Waals surface area contributed by atoms with Crippen molar-refractivity contribution >= 4 is 38.8 Å². The van der Waals surface area contributed by atoms with Gasteiger partial charge in [0.1, 0.15) is 12.2 Å². The zero-order valence-electron chi connectivity index (χ0n) is 18.3. The van der Waals surface area contributed by atoms with Crippen LogP contribution in [0.3, 0.4) is 0 Å². The first-order valence-corrected chi connectivity index (χ1v) is 12.7. The number of nitrogens with zero attached hydrogens (tertiary/aromatic N) is 2. The Morgan fingerprint density at radius 2 is 1.78 bits per heavy atom. The highest BCUT2D eigenvalue weighted by Crippen LogP contribution is 2.33. The van der Waals surface area contributed by atoms with Crippen LogP contribution >= 0.6 is 23.2 Å². The van der Waals surface area contributed by atoms with E-state index in [2.05, 4.69) is 5.10 Å². The molecule has 0 amide bonds. The van der Waals surface area contributed by atoms with Crippen molar-refractivity contribution in [3.05, 3.63) is 74.4 Å². The Hall–Kier alpha value is -2.35. The Kier molecular flexibility index (Phi) is 7.32. The molecule has 32 heavy (non-hydrogen) atoms. The van der Waals surface area contributed by atoms with Gasteiger partial charge in [0.05, 0.1) is 16.1 Å². The number of carbonyl (C=O) groups is 1. The molecule has 0 aliphatic carbocycles. The fourth-order valence-corrected chi connectivity index (χ4v) is 5.33. The zero-order chi connectivity index (χ0) is 23.6. The predicted molar refractivity (Wildman–Crippen MR) is 126 cm³/mol. The highest BCUT2D eigenvalue weighted by Gasteiger charge is 2.26. The normalized spacial score (nSPS) is 11.6. The van der Waals surface area contributed by atoms with Crippen LogP contribution in [0.2, 0.25) is 10.0 Å². The molecule has 3 aromatic rings. The van der Waals surface area contributed by atoms with Crippen LogP contribution in [0.4, 0.5) is 0 Å². The molecule has 0 unspecified atom stereocenters. The molecule has 3 rings (SSSR count). The number of hydrogen-bond acceptors (Lipinski definition) is 5. The molecule has 9 heteroatoms. The van der Waals surface area contributed by atoms with Crippen LogP contribution in [-0.2, 0) is 23.0 Å². The maximum absolute atomic E-state index is 13.4. The number of aryl methyl sites for hydroxylation is 2. The number of sulfone groups is 1. The molecule has 0 atom stereocenters. The highest BCUT2D eigenvalue weighted by atomic mass is 35.5. The summed E-state index contributed by atoms with van der Waals surface area (Å²) in [5, 5.41) is 5.05. The van der Waals surface area contributed by atoms with E-state index in [1.165, 1.54) is 12.3 Å². The van der Waals surface area contributed by atoms with Gasteiger partial charge < -0.3 is 4.74 Å². The van der Waals surface area contributed by atoms with E-state index >= 15 is 0 Å². The number of halogens is 2. The number of carbonyl (C=O) groups excluding carboxylic acids is 1. The average molecular weight is 495 g/mol. The monoisotopic (exact) mass is 494 g/mol. The van der Waals surface area contributed by atoms with Gasteiger partial charge in [-0.25, -0.2) is 13.1 Å². The van der Waals surface area contributed by atoms with E-state index in [0.29, 0.717) is 28.6 Å². The second kappa shape index (κ2) is 9.65. The molecule has 0 aliphatic rings. The van der Waals surface area contributed by atoms with Crippen molar-refractivity contribution in [2.75, 3.05) is 6.26 Å². The van der Waals surface area contributed by atoms with E-state index in [1.807, 2.05) is 19.1 Å². The SMILES string of the molecule is CCCn1ncc(C(=O)c2cc(C)c(S(C)(=O)=O)c(C)c2Cl)c1OCc1ccc(Cl)cc1. The number of rotatable bonds is 8. The maximum atomic E-state index is 13.4. The largest absolute Gasteiger partial charge is 0.472 e. The van der Waals surface area contributed by atoms with Gasteiger partial charge in [-0.3, -0.25) is 4.79 Å². The molecule has 0 saturated heterocycles. The molecular weight excluding hydrogens is 471 g/mol. The van der Waals surface area contributed by atoms with Gasteiger partial charge in [0.2, 0.25) is 11.7 Å². The van der Waals surface area contributed by atoms with Gasteiger partial charge in [-0.2, -0.15) is 5.10 Å². The minimum Gasteiger partial charge on any atom is -0.472 e. The molecule has 1 aromatic heterocycles. The lowest BCUT2D eigenvalue weighted by Crippen LogP contribution is -2.11. The van der Waals surface area contributed by atoms with Gasteiger partial charge in [0.25, 0.3) is 0 Å². The fraction of sp³-hybridized carbons (Fsp3) is 0.304. The van der Waals surface area contributed by atoms with Gasteiger partial charge in [-0.05, 0) is 55.2 Å². The topological polar surface area (TPSA) is 78.3 Å². The highest BCUT2D eigenvalue weighted by molar-refractivity contribution is 7.90. The van der Waals surface area contributed by atoms with Crippen molar-refractivity contribution in [1.82, 2.24) is 9.78 Å². The van der Waals surface area contributed by atoms with Gasteiger partial charge in [-0.1, -0.05) is 42.3 Å². The van der Waals surface area contributed by atoms with Crippen LogP contribution in [0.15, 0.2) is 41.4 Å². The molecule has 0 fully saturated rings. The van der Waals surface area contributed by atoms with E-state index in [9.17, 15) is 13.2 Å². The van der Waals surface area contributed by atoms with Crippen LogP contribution < -0.4 is 4.74 Å². The smallest absolute Gasteiger partial charge is 0.223 e. The van der Waals surface area contributed by atoms with Gasteiger partial charge in [0.15, 0.2) is 9.84 Å². The maximum Gasteiger partial charge on any atom is 0.223 e. The third-order valence-electron chi connectivity index (χ3n) is 5.00. The molecule has 0 bridgehead atoms. The molecule has 2 aromatic carbocycles. The summed E-state index contributed by atoms with van der Waals surface area (Å²) in [5.41, 5.74) is 2.17. The summed E-state index contributed by atoms with van der Waals surface area (Å²) < 4.78 is 32.0. The van der Waals surface area contributed by atoms with Crippen molar-refractivity contribution in [2.45, 2.75) is 45.2 Å². The molecular formula is C23H24Cl2N2O4S. The summed E-state index contributed by atoms with van der Waals surface area (Å²) >= 11 is 12.4. The molecule has 1 heterocycles. The third kappa shape index (κ3) is 5.00. The number of aromatic nitrogens is 2. The molecule has 0 aliphatic heterocycles. The predicted octanol–water partition coefficient (Wildman–Crippen LogP) is 5.43. The average Bonchev–Trinajstić information content (AvgIpc) is 3.11. The summed E-state index contributed by atoms with van der Waals surface area (Å²) in [4.78, 5) is 13.6. The zero-order valence-corrected chi connectivity index (χ0v) is 20.6. The second-order valence-corrected chi connectivity index (χ2v) is 10.4. The van der Waals surface area contributed by atoms with Crippen molar-refractivity contribution < 1.29 is 17.9 Å².